The number of rotatable bonds is 7. The second-order valence-corrected chi connectivity index (χ2v) is 6.12. The van der Waals surface area contributed by atoms with Crippen molar-refractivity contribution >= 4 is 11.8 Å². The molecule has 0 spiro atoms. The third-order valence-corrected chi connectivity index (χ3v) is 4.29. The van der Waals surface area contributed by atoms with Crippen LogP contribution in [0.3, 0.4) is 0 Å². The third kappa shape index (κ3) is 3.73. The largest absolute Gasteiger partial charge is 0.339 e. The molecule has 0 saturated carbocycles. The normalized spacial score (nSPS) is 11.1. The standard InChI is InChI=1S/C15H17FN6OS/c1-2-3-4-13-18-12(21-23-13)9-24-15-20-19-14(22(15)17)10-5-7-11(16)8-6-10/h5-8H,2-4,9,17H2,1H3. The zero-order valence-corrected chi connectivity index (χ0v) is 14.0. The fraction of sp³-hybridized carbons (Fsp3) is 0.333. The molecule has 7 nitrogen and oxygen atoms in total. The Morgan fingerprint density at radius 1 is 1.25 bits per heavy atom. The van der Waals surface area contributed by atoms with Gasteiger partial charge in [0.1, 0.15) is 5.82 Å². The molecule has 126 valence electrons. The maximum atomic E-state index is 13.0. The van der Waals surface area contributed by atoms with Gasteiger partial charge in [0.25, 0.3) is 0 Å². The van der Waals surface area contributed by atoms with Crippen LogP contribution < -0.4 is 5.84 Å². The summed E-state index contributed by atoms with van der Waals surface area (Å²) in [7, 11) is 0. The molecule has 0 amide bonds. The van der Waals surface area contributed by atoms with Crippen LogP contribution in [0, 0.1) is 5.82 Å². The highest BCUT2D eigenvalue weighted by molar-refractivity contribution is 7.98. The van der Waals surface area contributed by atoms with Crippen LogP contribution in [-0.2, 0) is 12.2 Å². The molecular weight excluding hydrogens is 331 g/mol. The van der Waals surface area contributed by atoms with Crippen LogP contribution in [0.4, 0.5) is 4.39 Å². The highest BCUT2D eigenvalue weighted by Crippen LogP contribution is 2.23. The quantitative estimate of drug-likeness (QED) is 0.518. The van der Waals surface area contributed by atoms with Gasteiger partial charge in [0.05, 0.1) is 5.75 Å². The van der Waals surface area contributed by atoms with E-state index < -0.39 is 0 Å². The molecule has 0 atom stereocenters. The number of hydrogen-bond acceptors (Lipinski definition) is 7. The maximum Gasteiger partial charge on any atom is 0.226 e. The topological polar surface area (TPSA) is 95.7 Å². The van der Waals surface area contributed by atoms with Crippen LogP contribution in [-0.4, -0.2) is 25.0 Å². The Morgan fingerprint density at radius 2 is 2.04 bits per heavy atom. The fourth-order valence-corrected chi connectivity index (χ4v) is 2.78. The van der Waals surface area contributed by atoms with Gasteiger partial charge in [-0.1, -0.05) is 30.3 Å². The van der Waals surface area contributed by atoms with Crippen LogP contribution in [0.15, 0.2) is 33.9 Å². The van der Waals surface area contributed by atoms with E-state index in [1.165, 1.54) is 28.6 Å². The number of benzene rings is 1. The maximum absolute atomic E-state index is 13.0. The van der Waals surface area contributed by atoms with E-state index in [9.17, 15) is 4.39 Å². The highest BCUT2D eigenvalue weighted by Gasteiger charge is 2.14. The molecule has 0 saturated heterocycles. The van der Waals surface area contributed by atoms with Gasteiger partial charge in [-0.15, -0.1) is 10.2 Å². The van der Waals surface area contributed by atoms with Gasteiger partial charge in [-0.05, 0) is 30.7 Å². The van der Waals surface area contributed by atoms with Crippen molar-refractivity contribution in [2.24, 2.45) is 0 Å². The molecule has 0 aliphatic rings. The number of aromatic nitrogens is 5. The van der Waals surface area contributed by atoms with Crippen molar-refractivity contribution in [2.75, 3.05) is 5.84 Å². The smallest absolute Gasteiger partial charge is 0.226 e. The fourth-order valence-electron chi connectivity index (χ4n) is 2.08. The molecule has 24 heavy (non-hydrogen) atoms. The van der Waals surface area contributed by atoms with Gasteiger partial charge in [-0.2, -0.15) is 4.98 Å². The molecule has 1 aromatic carbocycles. The average Bonchev–Trinajstić information content (AvgIpc) is 3.19. The number of aryl methyl sites for hydroxylation is 1. The van der Waals surface area contributed by atoms with Crippen molar-refractivity contribution in [3.8, 4) is 11.4 Å². The summed E-state index contributed by atoms with van der Waals surface area (Å²) in [4.78, 5) is 4.33. The minimum Gasteiger partial charge on any atom is -0.339 e. The van der Waals surface area contributed by atoms with Crippen molar-refractivity contribution in [3.05, 3.63) is 41.8 Å². The SMILES string of the molecule is CCCCc1nc(CSc2nnc(-c3ccc(F)cc3)n2N)no1. The molecular formula is C15H17FN6OS. The summed E-state index contributed by atoms with van der Waals surface area (Å²) in [5.74, 6) is 7.90. The van der Waals surface area contributed by atoms with Gasteiger partial charge in [-0.3, -0.25) is 0 Å². The average molecular weight is 348 g/mol. The first-order valence-electron chi connectivity index (χ1n) is 7.58. The first-order chi connectivity index (χ1) is 11.7. The molecule has 0 aliphatic heterocycles. The van der Waals surface area contributed by atoms with E-state index in [-0.39, 0.29) is 5.82 Å². The van der Waals surface area contributed by atoms with Crippen LogP contribution in [0.5, 0.6) is 0 Å². The molecule has 0 unspecified atom stereocenters. The Bertz CT molecular complexity index is 801. The summed E-state index contributed by atoms with van der Waals surface area (Å²) in [6, 6.07) is 5.93. The lowest BCUT2D eigenvalue weighted by atomic mass is 10.2. The number of unbranched alkanes of at least 4 members (excludes halogenated alkanes) is 1. The van der Waals surface area contributed by atoms with Crippen molar-refractivity contribution < 1.29 is 8.91 Å². The van der Waals surface area contributed by atoms with E-state index >= 15 is 0 Å². The van der Waals surface area contributed by atoms with E-state index in [0.717, 1.165) is 19.3 Å². The molecule has 0 radical (unpaired) electrons. The summed E-state index contributed by atoms with van der Waals surface area (Å²) < 4.78 is 19.6. The molecule has 2 aromatic heterocycles. The molecule has 0 fully saturated rings. The number of nitrogens with zero attached hydrogens (tertiary/aromatic N) is 5. The lowest BCUT2D eigenvalue weighted by Crippen LogP contribution is -2.11. The van der Waals surface area contributed by atoms with E-state index in [2.05, 4.69) is 27.3 Å². The molecule has 9 heteroatoms. The first-order valence-corrected chi connectivity index (χ1v) is 8.56. The lowest BCUT2D eigenvalue weighted by molar-refractivity contribution is 0.371. The lowest BCUT2D eigenvalue weighted by Gasteiger charge is -2.02. The minimum absolute atomic E-state index is 0.313. The molecule has 0 bridgehead atoms. The van der Waals surface area contributed by atoms with Gasteiger partial charge in [0.2, 0.25) is 11.0 Å². The Labute approximate surface area is 142 Å². The predicted molar refractivity (Wildman–Crippen MR) is 88.0 cm³/mol. The summed E-state index contributed by atoms with van der Waals surface area (Å²) in [6.45, 7) is 2.11. The van der Waals surface area contributed by atoms with Gasteiger partial charge < -0.3 is 10.4 Å². The summed E-state index contributed by atoms with van der Waals surface area (Å²) in [5.41, 5.74) is 0.694. The van der Waals surface area contributed by atoms with Crippen molar-refractivity contribution in [3.63, 3.8) is 0 Å². The summed E-state index contributed by atoms with van der Waals surface area (Å²) in [6.07, 6.45) is 2.89. The second kappa shape index (κ2) is 7.43. The summed E-state index contributed by atoms with van der Waals surface area (Å²) in [5, 5.41) is 12.6. The van der Waals surface area contributed by atoms with E-state index in [0.29, 0.717) is 34.0 Å². The predicted octanol–water partition coefficient (Wildman–Crippen LogP) is 2.82. The molecule has 3 rings (SSSR count). The third-order valence-electron chi connectivity index (χ3n) is 3.35. The van der Waals surface area contributed by atoms with E-state index in [1.54, 1.807) is 12.1 Å². The van der Waals surface area contributed by atoms with Gasteiger partial charge in [-0.25, -0.2) is 9.07 Å². The van der Waals surface area contributed by atoms with Gasteiger partial charge >= 0.3 is 0 Å². The number of hydrogen-bond donors (Lipinski definition) is 1. The Morgan fingerprint density at radius 3 is 2.79 bits per heavy atom. The Balaban J connectivity index is 1.66. The number of nitrogens with two attached hydrogens (primary N) is 1. The van der Waals surface area contributed by atoms with E-state index in [4.69, 9.17) is 10.4 Å². The molecule has 2 N–H and O–H groups in total. The van der Waals surface area contributed by atoms with Crippen molar-refractivity contribution in [2.45, 2.75) is 37.1 Å². The van der Waals surface area contributed by atoms with Crippen LogP contribution in [0.25, 0.3) is 11.4 Å². The molecule has 2 heterocycles. The summed E-state index contributed by atoms with van der Waals surface area (Å²) >= 11 is 1.36. The van der Waals surface area contributed by atoms with Crippen molar-refractivity contribution in [1.29, 1.82) is 0 Å². The first kappa shape index (κ1) is 16.4. The monoisotopic (exact) mass is 348 g/mol. The van der Waals surface area contributed by atoms with Gasteiger partial charge in [0, 0.05) is 12.0 Å². The number of halogens is 1. The Kier molecular flexibility index (Phi) is 5.09. The Hall–Kier alpha value is -2.42. The van der Waals surface area contributed by atoms with Gasteiger partial charge in [0.15, 0.2) is 11.6 Å². The van der Waals surface area contributed by atoms with Crippen LogP contribution >= 0.6 is 11.8 Å². The highest BCUT2D eigenvalue weighted by atomic mass is 32.2. The zero-order chi connectivity index (χ0) is 16.9. The van der Waals surface area contributed by atoms with E-state index in [1.807, 2.05) is 0 Å². The van der Waals surface area contributed by atoms with Crippen molar-refractivity contribution in [1.82, 2.24) is 25.0 Å². The zero-order valence-electron chi connectivity index (χ0n) is 13.1. The second-order valence-electron chi connectivity index (χ2n) is 5.18. The van der Waals surface area contributed by atoms with Crippen LogP contribution in [0.2, 0.25) is 0 Å². The minimum atomic E-state index is -0.313. The van der Waals surface area contributed by atoms with Crippen LogP contribution in [0.1, 0.15) is 31.5 Å². The number of thioether (sulfide) groups is 1. The molecule has 3 aromatic rings. The molecule has 0 aliphatic carbocycles. The number of nitrogen functional groups attached to an aromatic ring is 1.